The Bertz CT molecular complexity index is 347. The minimum atomic E-state index is -0.898. The fourth-order valence-electron chi connectivity index (χ4n) is 2.55. The van der Waals surface area contributed by atoms with Crippen molar-refractivity contribution >= 4 is 12.0 Å². The first-order valence-electron chi connectivity index (χ1n) is 7.84. The van der Waals surface area contributed by atoms with Crippen LogP contribution in [0.2, 0.25) is 0 Å². The van der Waals surface area contributed by atoms with E-state index in [0.717, 1.165) is 25.8 Å². The summed E-state index contributed by atoms with van der Waals surface area (Å²) in [4.78, 5) is 27.2. The summed E-state index contributed by atoms with van der Waals surface area (Å²) < 4.78 is 5.33. The van der Waals surface area contributed by atoms with Gasteiger partial charge in [-0.3, -0.25) is 4.79 Å². The van der Waals surface area contributed by atoms with Crippen molar-refractivity contribution in [2.24, 2.45) is 0 Å². The number of amides is 2. The fraction of sp³-hybridized carbons (Fsp3) is 0.867. The molecule has 1 unspecified atom stereocenters. The second kappa shape index (κ2) is 8.87. The maximum atomic E-state index is 12.7. The number of morpholine rings is 1. The van der Waals surface area contributed by atoms with E-state index in [1.807, 2.05) is 18.7 Å². The molecule has 21 heavy (non-hydrogen) atoms. The van der Waals surface area contributed by atoms with Crippen LogP contribution in [0.15, 0.2) is 0 Å². The van der Waals surface area contributed by atoms with Crippen LogP contribution in [0.4, 0.5) is 4.79 Å². The first-order valence-corrected chi connectivity index (χ1v) is 7.84. The molecule has 1 saturated heterocycles. The number of carboxylic acids is 1. The van der Waals surface area contributed by atoms with E-state index < -0.39 is 5.97 Å². The molecular weight excluding hydrogens is 272 g/mol. The highest BCUT2D eigenvalue weighted by Crippen LogP contribution is 2.16. The highest BCUT2D eigenvalue weighted by Gasteiger charge is 2.32. The molecule has 122 valence electrons. The van der Waals surface area contributed by atoms with Gasteiger partial charge in [-0.25, -0.2) is 4.79 Å². The molecule has 0 aliphatic carbocycles. The molecule has 1 N–H and O–H groups in total. The molecule has 1 aliphatic heterocycles. The normalized spacial score (nSPS) is 18.9. The van der Waals surface area contributed by atoms with Gasteiger partial charge in [0.25, 0.3) is 0 Å². The van der Waals surface area contributed by atoms with E-state index in [0.29, 0.717) is 19.8 Å². The van der Waals surface area contributed by atoms with Crippen molar-refractivity contribution < 1.29 is 19.4 Å². The average molecular weight is 300 g/mol. The molecule has 0 aromatic carbocycles. The minimum absolute atomic E-state index is 0.0596. The number of rotatable bonds is 7. The highest BCUT2D eigenvalue weighted by molar-refractivity contribution is 5.76. The molecule has 1 rings (SSSR count). The number of nitrogens with zero attached hydrogens (tertiary/aromatic N) is 2. The van der Waals surface area contributed by atoms with Gasteiger partial charge in [-0.15, -0.1) is 0 Å². The molecule has 6 heteroatoms. The van der Waals surface area contributed by atoms with Gasteiger partial charge < -0.3 is 19.6 Å². The van der Waals surface area contributed by atoms with Crippen LogP contribution in [-0.4, -0.2) is 65.3 Å². The molecule has 6 nitrogen and oxygen atoms in total. The Kier molecular flexibility index (Phi) is 7.50. The lowest BCUT2D eigenvalue weighted by atomic mass is 10.1. The van der Waals surface area contributed by atoms with Crippen LogP contribution in [0.5, 0.6) is 0 Å². The van der Waals surface area contributed by atoms with Gasteiger partial charge in [-0.2, -0.15) is 0 Å². The second-order valence-electron chi connectivity index (χ2n) is 5.80. The molecule has 0 bridgehead atoms. The predicted octanol–water partition coefficient (Wildman–Crippen LogP) is 2.18. The Morgan fingerprint density at radius 2 is 2.10 bits per heavy atom. The third-order valence-electron chi connectivity index (χ3n) is 3.76. The van der Waals surface area contributed by atoms with E-state index in [-0.39, 0.29) is 24.5 Å². The summed E-state index contributed by atoms with van der Waals surface area (Å²) in [6.45, 7) is 8.09. The predicted molar refractivity (Wildman–Crippen MR) is 80.3 cm³/mol. The van der Waals surface area contributed by atoms with Crippen molar-refractivity contribution in [2.45, 2.75) is 58.5 Å². The van der Waals surface area contributed by atoms with Crippen molar-refractivity contribution in [3.8, 4) is 0 Å². The van der Waals surface area contributed by atoms with Crippen LogP contribution >= 0.6 is 0 Å². The van der Waals surface area contributed by atoms with Gasteiger partial charge in [0, 0.05) is 19.1 Å². The van der Waals surface area contributed by atoms with Crippen LogP contribution in [0.1, 0.15) is 46.5 Å². The lowest BCUT2D eigenvalue weighted by Gasteiger charge is -2.39. The Labute approximate surface area is 127 Å². The number of carboxylic acid groups (broad SMARTS) is 1. The molecule has 0 spiro atoms. The zero-order valence-corrected chi connectivity index (χ0v) is 13.4. The van der Waals surface area contributed by atoms with Crippen molar-refractivity contribution in [3.05, 3.63) is 0 Å². The molecule has 1 atom stereocenters. The first kappa shape index (κ1) is 17.8. The van der Waals surface area contributed by atoms with E-state index in [1.54, 1.807) is 4.90 Å². The zero-order chi connectivity index (χ0) is 15.8. The van der Waals surface area contributed by atoms with E-state index in [2.05, 4.69) is 6.92 Å². The van der Waals surface area contributed by atoms with Crippen LogP contribution < -0.4 is 0 Å². The maximum Gasteiger partial charge on any atom is 0.320 e. The van der Waals surface area contributed by atoms with Crippen LogP contribution in [0.25, 0.3) is 0 Å². The van der Waals surface area contributed by atoms with Gasteiger partial charge in [0.05, 0.1) is 25.7 Å². The maximum absolute atomic E-state index is 12.7. The summed E-state index contributed by atoms with van der Waals surface area (Å²) >= 11 is 0. The Balaban J connectivity index is 2.71. The van der Waals surface area contributed by atoms with E-state index in [4.69, 9.17) is 9.84 Å². The summed E-state index contributed by atoms with van der Waals surface area (Å²) in [5.74, 6) is -0.898. The van der Waals surface area contributed by atoms with Gasteiger partial charge in [-0.05, 0) is 20.3 Å². The van der Waals surface area contributed by atoms with Gasteiger partial charge in [0.15, 0.2) is 0 Å². The molecule has 0 saturated carbocycles. The molecule has 1 heterocycles. The molecule has 2 amide bonds. The number of hydrogen-bond donors (Lipinski definition) is 1. The van der Waals surface area contributed by atoms with Crippen LogP contribution in [0, 0.1) is 0 Å². The van der Waals surface area contributed by atoms with Gasteiger partial charge in [0.1, 0.15) is 0 Å². The number of ether oxygens (including phenoxy) is 1. The van der Waals surface area contributed by atoms with Crippen LogP contribution in [-0.2, 0) is 9.53 Å². The average Bonchev–Trinajstić information content (AvgIpc) is 2.42. The standard InChI is InChI=1S/C15H28N2O4/c1-4-5-6-7-16(12(2)3)15(20)17-8-9-21-11-13(17)10-14(18)19/h12-13H,4-11H2,1-3H3,(H,18,19). The number of urea groups is 1. The van der Waals surface area contributed by atoms with Gasteiger partial charge >= 0.3 is 12.0 Å². The fourth-order valence-corrected chi connectivity index (χ4v) is 2.55. The smallest absolute Gasteiger partial charge is 0.320 e. The molecule has 1 fully saturated rings. The molecule has 0 aromatic rings. The quantitative estimate of drug-likeness (QED) is 0.732. The largest absolute Gasteiger partial charge is 0.481 e. The minimum Gasteiger partial charge on any atom is -0.481 e. The summed E-state index contributed by atoms with van der Waals surface area (Å²) in [6.07, 6.45) is 3.12. The zero-order valence-electron chi connectivity index (χ0n) is 13.4. The van der Waals surface area contributed by atoms with Gasteiger partial charge in [-0.1, -0.05) is 19.8 Å². The summed E-state index contributed by atoms with van der Waals surface area (Å²) in [7, 11) is 0. The topological polar surface area (TPSA) is 70.1 Å². The van der Waals surface area contributed by atoms with Crippen molar-refractivity contribution in [3.63, 3.8) is 0 Å². The number of carbonyl (C=O) groups is 2. The van der Waals surface area contributed by atoms with Crippen LogP contribution in [0.3, 0.4) is 0 Å². The molecular formula is C15H28N2O4. The Morgan fingerprint density at radius 1 is 1.38 bits per heavy atom. The monoisotopic (exact) mass is 300 g/mol. The Morgan fingerprint density at radius 3 is 2.67 bits per heavy atom. The highest BCUT2D eigenvalue weighted by atomic mass is 16.5. The van der Waals surface area contributed by atoms with Crippen molar-refractivity contribution in [1.29, 1.82) is 0 Å². The summed E-state index contributed by atoms with van der Waals surface area (Å²) in [5.41, 5.74) is 0. The molecule has 0 aromatic heterocycles. The van der Waals surface area contributed by atoms with E-state index >= 15 is 0 Å². The number of carbonyl (C=O) groups excluding carboxylic acids is 1. The first-order chi connectivity index (χ1) is 9.97. The number of unbranched alkanes of at least 4 members (excludes halogenated alkanes) is 2. The number of hydrogen-bond acceptors (Lipinski definition) is 3. The second-order valence-corrected chi connectivity index (χ2v) is 5.80. The summed E-state index contributed by atoms with van der Waals surface area (Å²) in [6, 6.07) is -0.311. The number of aliphatic carboxylic acids is 1. The summed E-state index contributed by atoms with van der Waals surface area (Å²) in [5, 5.41) is 8.98. The van der Waals surface area contributed by atoms with Gasteiger partial charge in [0.2, 0.25) is 0 Å². The molecule has 1 aliphatic rings. The third-order valence-corrected chi connectivity index (χ3v) is 3.76. The lowest BCUT2D eigenvalue weighted by molar-refractivity contribution is -0.139. The van der Waals surface area contributed by atoms with Crippen molar-refractivity contribution in [1.82, 2.24) is 9.80 Å². The van der Waals surface area contributed by atoms with Crippen molar-refractivity contribution in [2.75, 3.05) is 26.3 Å². The third kappa shape index (κ3) is 5.53. The SMILES string of the molecule is CCCCCN(C(=O)N1CCOCC1CC(=O)O)C(C)C. The Hall–Kier alpha value is -1.30. The van der Waals surface area contributed by atoms with E-state index in [9.17, 15) is 9.59 Å². The van der Waals surface area contributed by atoms with E-state index in [1.165, 1.54) is 0 Å². The lowest BCUT2D eigenvalue weighted by Crippen LogP contribution is -2.55. The molecule has 0 radical (unpaired) electrons.